The quantitative estimate of drug-likeness (QED) is 0.526. The summed E-state index contributed by atoms with van der Waals surface area (Å²) >= 11 is 0. The predicted molar refractivity (Wildman–Crippen MR) is 90.8 cm³/mol. The van der Waals surface area contributed by atoms with Crippen LogP contribution >= 0.6 is 0 Å². The summed E-state index contributed by atoms with van der Waals surface area (Å²) in [6, 6.07) is 8.39. The first-order valence-electron chi connectivity index (χ1n) is 8.20. The van der Waals surface area contributed by atoms with E-state index in [0.29, 0.717) is 5.56 Å². The lowest BCUT2D eigenvalue weighted by molar-refractivity contribution is -0.0565. The molecular weight excluding hydrogens is 356 g/mol. The van der Waals surface area contributed by atoms with Crippen LogP contribution in [0.4, 0.5) is 0 Å². The highest BCUT2D eigenvalue weighted by Crippen LogP contribution is 2.31. The van der Waals surface area contributed by atoms with Crippen LogP contribution in [0.1, 0.15) is 16.6 Å². The molecule has 1 aromatic carbocycles. The van der Waals surface area contributed by atoms with Gasteiger partial charge in [0.05, 0.1) is 18.2 Å². The van der Waals surface area contributed by atoms with Crippen LogP contribution in [0.5, 0.6) is 0 Å². The number of aromatic amines is 1. The number of rotatable bonds is 4. The maximum atomic E-state index is 12.0. The number of aliphatic hydroxyl groups is 2. The molecule has 1 aliphatic heterocycles. The topological polar surface area (TPSA) is 140 Å². The van der Waals surface area contributed by atoms with Crippen molar-refractivity contribution in [3.63, 3.8) is 0 Å². The number of esters is 1. The fourth-order valence-electron chi connectivity index (χ4n) is 2.96. The standard InChI is InChI=1S/C17H16N4O6/c22-12-10(6-26-17(25)9-4-2-1-3-5-9)27-16(13(12)23)21-8-20-11-14(21)18-7-19-15(11)24/h1-5,7-8,10,12-13,16,22-23H,6H2,(H,18,19,24)/t10-,12-,13+,16+/m0/s1. The number of hydrogen-bond donors (Lipinski definition) is 3. The lowest BCUT2D eigenvalue weighted by Crippen LogP contribution is -2.34. The fourth-order valence-corrected chi connectivity index (χ4v) is 2.96. The van der Waals surface area contributed by atoms with Gasteiger partial charge in [0.2, 0.25) is 0 Å². The number of benzene rings is 1. The summed E-state index contributed by atoms with van der Waals surface area (Å²) in [4.78, 5) is 34.2. The van der Waals surface area contributed by atoms with E-state index in [0.717, 1.165) is 0 Å². The van der Waals surface area contributed by atoms with E-state index in [9.17, 15) is 19.8 Å². The molecule has 0 bridgehead atoms. The van der Waals surface area contributed by atoms with Crippen LogP contribution in [0, 0.1) is 0 Å². The number of imidazole rings is 1. The first kappa shape index (κ1) is 17.3. The highest BCUT2D eigenvalue weighted by atomic mass is 16.6. The molecule has 1 fully saturated rings. The van der Waals surface area contributed by atoms with Crippen LogP contribution < -0.4 is 5.56 Å². The Balaban J connectivity index is 1.50. The molecule has 0 aliphatic carbocycles. The smallest absolute Gasteiger partial charge is 0.338 e. The zero-order valence-corrected chi connectivity index (χ0v) is 13.9. The van der Waals surface area contributed by atoms with Crippen LogP contribution in [0.25, 0.3) is 11.2 Å². The summed E-state index contributed by atoms with van der Waals surface area (Å²) in [7, 11) is 0. The Morgan fingerprint density at radius 1 is 1.22 bits per heavy atom. The van der Waals surface area contributed by atoms with Gasteiger partial charge in [-0.05, 0) is 12.1 Å². The van der Waals surface area contributed by atoms with Crippen molar-refractivity contribution in [2.45, 2.75) is 24.5 Å². The Bertz CT molecular complexity index is 1020. The molecule has 27 heavy (non-hydrogen) atoms. The highest BCUT2D eigenvalue weighted by molar-refractivity contribution is 5.89. The zero-order chi connectivity index (χ0) is 19.0. The van der Waals surface area contributed by atoms with Crippen molar-refractivity contribution in [3.8, 4) is 0 Å². The van der Waals surface area contributed by atoms with Gasteiger partial charge < -0.3 is 24.7 Å². The lowest BCUT2D eigenvalue weighted by Gasteiger charge is -2.16. The second kappa shape index (κ2) is 6.91. The molecule has 4 rings (SSSR count). The van der Waals surface area contributed by atoms with Gasteiger partial charge in [-0.15, -0.1) is 0 Å². The van der Waals surface area contributed by atoms with Gasteiger partial charge in [0.1, 0.15) is 24.9 Å². The van der Waals surface area contributed by atoms with Crippen molar-refractivity contribution in [3.05, 3.63) is 58.9 Å². The van der Waals surface area contributed by atoms with Gasteiger partial charge in [0, 0.05) is 0 Å². The van der Waals surface area contributed by atoms with Gasteiger partial charge in [-0.25, -0.2) is 14.8 Å². The lowest BCUT2D eigenvalue weighted by atomic mass is 10.1. The van der Waals surface area contributed by atoms with Crippen molar-refractivity contribution < 1.29 is 24.5 Å². The van der Waals surface area contributed by atoms with E-state index in [2.05, 4.69) is 15.0 Å². The van der Waals surface area contributed by atoms with Crippen molar-refractivity contribution in [1.29, 1.82) is 0 Å². The van der Waals surface area contributed by atoms with Gasteiger partial charge in [-0.3, -0.25) is 9.36 Å². The molecule has 0 unspecified atom stereocenters. The van der Waals surface area contributed by atoms with E-state index in [1.165, 1.54) is 17.2 Å². The number of aromatic nitrogens is 4. The van der Waals surface area contributed by atoms with Crippen LogP contribution in [0.2, 0.25) is 0 Å². The molecule has 0 radical (unpaired) electrons. The number of hydrogen-bond acceptors (Lipinski definition) is 8. The number of nitrogens with zero attached hydrogens (tertiary/aromatic N) is 3. The minimum absolute atomic E-state index is 0.0849. The molecule has 0 spiro atoms. The third-order valence-corrected chi connectivity index (χ3v) is 4.36. The van der Waals surface area contributed by atoms with E-state index in [1.54, 1.807) is 30.3 Å². The van der Waals surface area contributed by atoms with E-state index >= 15 is 0 Å². The first-order chi connectivity index (χ1) is 13.1. The molecule has 0 saturated carbocycles. The molecule has 0 amide bonds. The van der Waals surface area contributed by atoms with Crippen LogP contribution in [0.15, 0.2) is 47.8 Å². The van der Waals surface area contributed by atoms with Gasteiger partial charge in [-0.1, -0.05) is 18.2 Å². The summed E-state index contributed by atoms with van der Waals surface area (Å²) < 4.78 is 12.2. The SMILES string of the molecule is O=C(OC[C@@H]1O[C@@H](n2cnc3c(=O)[nH]cnc32)[C@H](O)[C@H]1O)c1ccccc1. The van der Waals surface area contributed by atoms with Crippen LogP contribution in [-0.4, -0.2) is 60.6 Å². The average Bonchev–Trinajstić information content (AvgIpc) is 3.23. The number of fused-ring (bicyclic) bond motifs is 1. The third-order valence-electron chi connectivity index (χ3n) is 4.36. The Kier molecular flexibility index (Phi) is 4.44. The number of carbonyl (C=O) groups excluding carboxylic acids is 1. The van der Waals surface area contributed by atoms with E-state index in [4.69, 9.17) is 9.47 Å². The summed E-state index contributed by atoms with van der Waals surface area (Å²) in [5, 5.41) is 20.6. The summed E-state index contributed by atoms with van der Waals surface area (Å²) in [6.45, 7) is -0.247. The molecule has 2 aromatic heterocycles. The number of H-pyrrole nitrogens is 1. The van der Waals surface area contributed by atoms with Gasteiger partial charge >= 0.3 is 5.97 Å². The number of ether oxygens (including phenoxy) is 2. The fraction of sp³-hybridized carbons (Fsp3) is 0.294. The third kappa shape index (κ3) is 3.10. The summed E-state index contributed by atoms with van der Waals surface area (Å²) in [6.07, 6.45) is -2.08. The maximum Gasteiger partial charge on any atom is 0.338 e. The van der Waals surface area contributed by atoms with Crippen molar-refractivity contribution in [1.82, 2.24) is 19.5 Å². The first-order valence-corrected chi connectivity index (χ1v) is 8.20. The molecule has 10 heteroatoms. The monoisotopic (exact) mass is 372 g/mol. The van der Waals surface area contributed by atoms with E-state index in [-0.39, 0.29) is 17.8 Å². The Morgan fingerprint density at radius 3 is 2.78 bits per heavy atom. The van der Waals surface area contributed by atoms with Crippen molar-refractivity contribution in [2.24, 2.45) is 0 Å². The summed E-state index contributed by atoms with van der Waals surface area (Å²) in [5.74, 6) is -0.564. The largest absolute Gasteiger partial charge is 0.459 e. The highest BCUT2D eigenvalue weighted by Gasteiger charge is 2.45. The Hall–Kier alpha value is -3.08. The van der Waals surface area contributed by atoms with E-state index < -0.39 is 36.1 Å². The predicted octanol–water partition coefficient (Wildman–Crippen LogP) is -0.404. The average molecular weight is 372 g/mol. The number of carbonyl (C=O) groups is 1. The molecule has 3 N–H and O–H groups in total. The minimum Gasteiger partial charge on any atom is -0.459 e. The van der Waals surface area contributed by atoms with Crippen LogP contribution in [-0.2, 0) is 9.47 Å². The van der Waals surface area contributed by atoms with Crippen molar-refractivity contribution >= 4 is 17.1 Å². The molecule has 3 aromatic rings. The molecule has 1 aliphatic rings. The molecule has 140 valence electrons. The van der Waals surface area contributed by atoms with Gasteiger partial charge in [0.25, 0.3) is 5.56 Å². The van der Waals surface area contributed by atoms with E-state index in [1.807, 2.05) is 0 Å². The molecular formula is C17H16N4O6. The number of nitrogens with one attached hydrogen (secondary N) is 1. The normalized spacial score (nSPS) is 25.0. The van der Waals surface area contributed by atoms with Gasteiger partial charge in [-0.2, -0.15) is 0 Å². The molecule has 10 nitrogen and oxygen atoms in total. The molecule has 4 atom stereocenters. The molecule has 3 heterocycles. The zero-order valence-electron chi connectivity index (χ0n) is 13.9. The van der Waals surface area contributed by atoms with Crippen molar-refractivity contribution in [2.75, 3.05) is 6.61 Å². The Labute approximate surface area is 152 Å². The minimum atomic E-state index is -1.32. The Morgan fingerprint density at radius 2 is 2.00 bits per heavy atom. The summed E-state index contributed by atoms with van der Waals surface area (Å²) in [5.41, 5.74) is 0.227. The van der Waals surface area contributed by atoms with Gasteiger partial charge in [0.15, 0.2) is 17.4 Å². The van der Waals surface area contributed by atoms with Crippen LogP contribution in [0.3, 0.4) is 0 Å². The second-order valence-corrected chi connectivity index (χ2v) is 6.07. The molecule has 1 saturated heterocycles. The maximum absolute atomic E-state index is 12.0. The number of aliphatic hydroxyl groups excluding tert-OH is 2. The second-order valence-electron chi connectivity index (χ2n) is 6.07.